The molecule has 1 atom stereocenters. The number of anilines is 1. The highest BCUT2D eigenvalue weighted by Gasteiger charge is 2.29. The van der Waals surface area contributed by atoms with E-state index in [4.69, 9.17) is 0 Å². The molecule has 48 heavy (non-hydrogen) atoms. The molecule has 2 aromatic heterocycles. The molecule has 0 saturated carbocycles. The molecule has 1 unspecified atom stereocenters. The number of hydrogen-bond acceptors (Lipinski definition) is 8. The van der Waals surface area contributed by atoms with E-state index in [1.807, 2.05) is 18.2 Å². The molecular formula is C39H38N8O. The van der Waals surface area contributed by atoms with E-state index in [0.717, 1.165) is 61.3 Å². The van der Waals surface area contributed by atoms with Gasteiger partial charge >= 0.3 is 0 Å². The Hall–Kier alpha value is -5.77. The quantitative estimate of drug-likeness (QED) is 0.201. The van der Waals surface area contributed by atoms with Crippen molar-refractivity contribution < 1.29 is 0 Å². The van der Waals surface area contributed by atoms with Crippen molar-refractivity contribution in [3.8, 4) is 23.3 Å². The van der Waals surface area contributed by atoms with Crippen LogP contribution in [0.15, 0.2) is 114 Å². The summed E-state index contributed by atoms with van der Waals surface area (Å²) in [5.74, 6) is 1.07. The second-order valence-corrected chi connectivity index (χ2v) is 12.4. The topological polar surface area (TPSA) is 123 Å². The number of nitrogens with one attached hydrogen (secondary N) is 2. The molecule has 0 amide bonds. The number of benzene rings is 2. The highest BCUT2D eigenvalue weighted by molar-refractivity contribution is 5.75. The Morgan fingerprint density at radius 2 is 1.77 bits per heavy atom. The molecule has 4 aromatic rings. The molecule has 1 aliphatic heterocycles. The standard InChI is InChI=1S/C39H38N8O/c1-27(42-25-29-6-4-3-5-7-29)36(21-28-8-11-31(12-9-28)33-14-17-46(2)37(48)22-33)32-15-18-47(19-16-32)45-39-43-26-35(24-41)38(44-39)34-13-10-30(20-34)23-40/h3-14,17,22,26,32,36,42H,1,15-16,18-21,25H2,2H3,(H,43,44,45). The van der Waals surface area contributed by atoms with Gasteiger partial charge in [0, 0.05) is 62.6 Å². The van der Waals surface area contributed by atoms with Gasteiger partial charge in [-0.15, -0.1) is 0 Å². The zero-order valence-corrected chi connectivity index (χ0v) is 27.1. The molecule has 2 aliphatic rings. The van der Waals surface area contributed by atoms with Gasteiger partial charge in [-0.2, -0.15) is 10.5 Å². The maximum atomic E-state index is 12.2. The lowest BCUT2D eigenvalue weighted by Crippen LogP contribution is -2.41. The lowest BCUT2D eigenvalue weighted by Gasteiger charge is -2.37. The molecule has 2 N–H and O–H groups in total. The summed E-state index contributed by atoms with van der Waals surface area (Å²) in [5.41, 5.74) is 11.2. The molecule has 1 aliphatic carbocycles. The molecular weight excluding hydrogens is 596 g/mol. The number of hydrazine groups is 1. The third-order valence-corrected chi connectivity index (χ3v) is 9.25. The molecule has 0 bridgehead atoms. The van der Waals surface area contributed by atoms with Gasteiger partial charge in [-0.3, -0.25) is 10.2 Å². The predicted octanol–water partition coefficient (Wildman–Crippen LogP) is 6.15. The first kappa shape index (κ1) is 32.2. The summed E-state index contributed by atoms with van der Waals surface area (Å²) >= 11 is 0. The number of hydrogen-bond donors (Lipinski definition) is 2. The van der Waals surface area contributed by atoms with E-state index in [2.05, 4.69) is 93.0 Å². The second-order valence-electron chi connectivity index (χ2n) is 12.4. The summed E-state index contributed by atoms with van der Waals surface area (Å²) < 4.78 is 1.57. The maximum absolute atomic E-state index is 12.2. The lowest BCUT2D eigenvalue weighted by molar-refractivity contribution is 0.178. The first-order valence-corrected chi connectivity index (χ1v) is 16.2. The fourth-order valence-electron chi connectivity index (χ4n) is 6.41. The Morgan fingerprint density at radius 1 is 1.00 bits per heavy atom. The maximum Gasteiger partial charge on any atom is 0.250 e. The van der Waals surface area contributed by atoms with E-state index in [0.29, 0.717) is 35.1 Å². The zero-order valence-electron chi connectivity index (χ0n) is 27.1. The van der Waals surface area contributed by atoms with Crippen molar-refractivity contribution in [2.45, 2.75) is 32.2 Å². The average molecular weight is 635 g/mol. The van der Waals surface area contributed by atoms with Crippen LogP contribution >= 0.6 is 0 Å². The fraction of sp³-hybridized carbons (Fsp3) is 0.256. The van der Waals surface area contributed by atoms with Gasteiger partial charge in [0.05, 0.1) is 23.5 Å². The van der Waals surface area contributed by atoms with Crippen molar-refractivity contribution in [2.75, 3.05) is 18.5 Å². The number of allylic oxidation sites excluding steroid dienone is 5. The number of rotatable bonds is 11. The van der Waals surface area contributed by atoms with Gasteiger partial charge in [-0.05, 0) is 65.1 Å². The number of pyridine rings is 1. The molecule has 1 fully saturated rings. The van der Waals surface area contributed by atoms with Crippen LogP contribution in [0.4, 0.5) is 5.95 Å². The van der Waals surface area contributed by atoms with Crippen molar-refractivity contribution >= 4 is 11.5 Å². The van der Waals surface area contributed by atoms with Crippen LogP contribution in [0.2, 0.25) is 0 Å². The average Bonchev–Trinajstić information content (AvgIpc) is 3.61. The fourth-order valence-corrected chi connectivity index (χ4v) is 6.41. The van der Waals surface area contributed by atoms with E-state index < -0.39 is 0 Å². The first-order valence-electron chi connectivity index (χ1n) is 16.2. The van der Waals surface area contributed by atoms with Crippen molar-refractivity contribution in [3.05, 3.63) is 142 Å². The second kappa shape index (κ2) is 14.8. The molecule has 0 radical (unpaired) electrons. The van der Waals surface area contributed by atoms with Crippen LogP contribution < -0.4 is 16.3 Å². The van der Waals surface area contributed by atoms with Gasteiger partial charge in [-0.1, -0.05) is 67.3 Å². The molecule has 240 valence electrons. The van der Waals surface area contributed by atoms with E-state index in [1.54, 1.807) is 36.2 Å². The molecule has 1 saturated heterocycles. The van der Waals surface area contributed by atoms with Gasteiger partial charge in [-0.25, -0.2) is 15.0 Å². The summed E-state index contributed by atoms with van der Waals surface area (Å²) in [6, 6.07) is 26.9. The molecule has 3 heterocycles. The summed E-state index contributed by atoms with van der Waals surface area (Å²) in [6.45, 7) is 6.86. The smallest absolute Gasteiger partial charge is 0.250 e. The Morgan fingerprint density at radius 3 is 2.46 bits per heavy atom. The Bertz CT molecular complexity index is 1990. The van der Waals surface area contributed by atoms with Crippen LogP contribution in [0.25, 0.3) is 16.7 Å². The SMILES string of the molecule is C=C(NCc1ccccc1)C(Cc1ccc(-c2ccn(C)c(=O)c2)cc1)C1CCN(Nc2ncc(C#N)c(C3=CC=C(C#N)C3)n2)CC1. The largest absolute Gasteiger partial charge is 0.384 e. The van der Waals surface area contributed by atoms with E-state index in [-0.39, 0.29) is 11.5 Å². The summed E-state index contributed by atoms with van der Waals surface area (Å²) in [4.78, 5) is 21.3. The first-order chi connectivity index (χ1) is 23.4. The summed E-state index contributed by atoms with van der Waals surface area (Å²) in [7, 11) is 1.76. The van der Waals surface area contributed by atoms with Crippen molar-refractivity contribution in [3.63, 3.8) is 0 Å². The van der Waals surface area contributed by atoms with Crippen LogP contribution in [0, 0.1) is 34.5 Å². The molecule has 9 nitrogen and oxygen atoms in total. The zero-order chi connectivity index (χ0) is 33.5. The van der Waals surface area contributed by atoms with Gasteiger partial charge in [0.15, 0.2) is 0 Å². The summed E-state index contributed by atoms with van der Waals surface area (Å²) in [6.07, 6.45) is 10.2. The molecule has 9 heteroatoms. The number of nitriles is 2. The van der Waals surface area contributed by atoms with Gasteiger partial charge in [0.1, 0.15) is 6.07 Å². The molecule has 6 rings (SSSR count). The van der Waals surface area contributed by atoms with Crippen LogP contribution in [-0.4, -0.2) is 32.6 Å². The van der Waals surface area contributed by atoms with E-state index in [9.17, 15) is 15.3 Å². The van der Waals surface area contributed by atoms with Gasteiger partial charge < -0.3 is 9.88 Å². The number of piperidine rings is 1. The summed E-state index contributed by atoms with van der Waals surface area (Å²) in [5, 5.41) is 24.7. The number of aryl methyl sites for hydroxylation is 1. The highest BCUT2D eigenvalue weighted by Crippen LogP contribution is 2.33. The van der Waals surface area contributed by atoms with Crippen molar-refractivity contribution in [1.82, 2.24) is 24.9 Å². The number of aromatic nitrogens is 3. The van der Waals surface area contributed by atoms with Gasteiger partial charge in [0.2, 0.25) is 5.95 Å². The third-order valence-electron chi connectivity index (χ3n) is 9.25. The van der Waals surface area contributed by atoms with E-state index >= 15 is 0 Å². The Labute approximate surface area is 281 Å². The normalized spacial score (nSPS) is 15.5. The third kappa shape index (κ3) is 7.60. The van der Waals surface area contributed by atoms with Crippen LogP contribution in [-0.2, 0) is 20.0 Å². The van der Waals surface area contributed by atoms with Crippen molar-refractivity contribution in [2.24, 2.45) is 18.9 Å². The number of nitrogens with zero attached hydrogens (tertiary/aromatic N) is 6. The minimum absolute atomic E-state index is 0.0258. The van der Waals surface area contributed by atoms with Crippen LogP contribution in [0.1, 0.15) is 41.6 Å². The van der Waals surface area contributed by atoms with E-state index in [1.165, 1.54) is 11.1 Å². The van der Waals surface area contributed by atoms with Gasteiger partial charge in [0.25, 0.3) is 5.56 Å². The minimum atomic E-state index is -0.0258. The van der Waals surface area contributed by atoms with Crippen LogP contribution in [0.3, 0.4) is 0 Å². The predicted molar refractivity (Wildman–Crippen MR) is 188 cm³/mol. The monoisotopic (exact) mass is 634 g/mol. The highest BCUT2D eigenvalue weighted by atomic mass is 16.1. The van der Waals surface area contributed by atoms with Crippen molar-refractivity contribution in [1.29, 1.82) is 10.5 Å². The lowest BCUT2D eigenvalue weighted by atomic mass is 9.79. The molecule has 0 spiro atoms. The Kier molecular flexibility index (Phi) is 9.90. The Balaban J connectivity index is 1.13. The minimum Gasteiger partial charge on any atom is -0.384 e. The van der Waals surface area contributed by atoms with Crippen LogP contribution in [0.5, 0.6) is 0 Å². The molecule has 2 aromatic carbocycles.